The Morgan fingerprint density at radius 2 is 1.95 bits per heavy atom. The highest BCUT2D eigenvalue weighted by atomic mass is 32.2. The molecule has 0 atom stereocenters. The van der Waals surface area contributed by atoms with E-state index >= 15 is 0 Å². The van der Waals surface area contributed by atoms with Crippen molar-refractivity contribution >= 4 is 27.3 Å². The summed E-state index contributed by atoms with van der Waals surface area (Å²) in [6.45, 7) is 3.79. The van der Waals surface area contributed by atoms with Gasteiger partial charge in [0.25, 0.3) is 0 Å². The van der Waals surface area contributed by atoms with Crippen LogP contribution in [0.4, 0.5) is 0 Å². The van der Waals surface area contributed by atoms with Crippen molar-refractivity contribution in [3.63, 3.8) is 0 Å². The minimum Gasteiger partial charge on any atom is -0.477 e. The summed E-state index contributed by atoms with van der Waals surface area (Å²) < 4.78 is 27.3. The highest BCUT2D eigenvalue weighted by molar-refractivity contribution is 7.91. The van der Waals surface area contributed by atoms with E-state index < -0.39 is 16.0 Å². The Balaban J connectivity index is 2.14. The minimum absolute atomic E-state index is 0.0353. The summed E-state index contributed by atoms with van der Waals surface area (Å²) in [5.41, 5.74) is 0.486. The fraction of sp³-hybridized carbons (Fsp3) is 0.615. The van der Waals surface area contributed by atoms with E-state index in [-0.39, 0.29) is 15.1 Å². The van der Waals surface area contributed by atoms with Crippen LogP contribution in [0.1, 0.15) is 47.8 Å². The van der Waals surface area contributed by atoms with Gasteiger partial charge in [-0.05, 0) is 50.2 Å². The van der Waals surface area contributed by atoms with E-state index in [2.05, 4.69) is 11.6 Å². The summed E-state index contributed by atoms with van der Waals surface area (Å²) in [4.78, 5) is 11.1. The number of hydrogen-bond acceptors (Lipinski definition) is 4. The minimum atomic E-state index is -3.61. The molecule has 112 valence electrons. The van der Waals surface area contributed by atoms with Crippen LogP contribution in [0.15, 0.2) is 10.3 Å². The zero-order chi connectivity index (χ0) is 14.9. The summed E-state index contributed by atoms with van der Waals surface area (Å²) >= 11 is 0.814. The molecule has 2 rings (SSSR count). The summed E-state index contributed by atoms with van der Waals surface area (Å²) in [5.74, 6) is -0.432. The van der Waals surface area contributed by atoms with Crippen LogP contribution in [0.5, 0.6) is 0 Å². The Bertz CT molecular complexity index is 598. The van der Waals surface area contributed by atoms with Gasteiger partial charge < -0.3 is 5.11 Å². The van der Waals surface area contributed by atoms with Crippen LogP contribution in [0.2, 0.25) is 0 Å². The first-order valence-corrected chi connectivity index (χ1v) is 8.95. The standard InChI is InChI=1S/C13H19NO4S2/c1-8-3-5-10(6-4-8)14-20(17,18)11-7-9(2)12(19-11)13(15)16/h7-8,10,14H,3-6H2,1-2H3,(H,15,16). The van der Waals surface area contributed by atoms with Crippen molar-refractivity contribution in [3.05, 3.63) is 16.5 Å². The van der Waals surface area contributed by atoms with E-state index in [1.807, 2.05) is 0 Å². The average molecular weight is 317 g/mol. The Morgan fingerprint density at radius 1 is 1.35 bits per heavy atom. The Morgan fingerprint density at radius 3 is 2.45 bits per heavy atom. The second kappa shape index (κ2) is 5.83. The van der Waals surface area contributed by atoms with Crippen molar-refractivity contribution < 1.29 is 18.3 Å². The molecule has 2 N–H and O–H groups in total. The molecule has 1 fully saturated rings. The molecule has 0 saturated heterocycles. The quantitative estimate of drug-likeness (QED) is 0.894. The molecule has 0 aliphatic heterocycles. The number of hydrogen-bond donors (Lipinski definition) is 2. The van der Waals surface area contributed by atoms with Gasteiger partial charge in [0.2, 0.25) is 10.0 Å². The van der Waals surface area contributed by atoms with Crippen LogP contribution in [-0.4, -0.2) is 25.5 Å². The van der Waals surface area contributed by atoms with Gasteiger partial charge in [-0.15, -0.1) is 11.3 Å². The van der Waals surface area contributed by atoms with Gasteiger partial charge in [-0.25, -0.2) is 17.9 Å². The molecule has 7 heteroatoms. The van der Waals surface area contributed by atoms with E-state index in [4.69, 9.17) is 5.11 Å². The number of aryl methyl sites for hydroxylation is 1. The molecule has 0 unspecified atom stereocenters. The van der Waals surface area contributed by atoms with Gasteiger partial charge in [0.1, 0.15) is 9.09 Å². The SMILES string of the molecule is Cc1cc(S(=O)(=O)NC2CCC(C)CC2)sc1C(=O)O. The third kappa shape index (κ3) is 3.39. The molecule has 1 heterocycles. The molecule has 1 aromatic rings. The topological polar surface area (TPSA) is 83.5 Å². The van der Waals surface area contributed by atoms with Crippen LogP contribution >= 0.6 is 11.3 Å². The molecule has 0 aromatic carbocycles. The van der Waals surface area contributed by atoms with Gasteiger partial charge in [-0.1, -0.05) is 6.92 Å². The third-order valence-corrected chi connectivity index (χ3v) is 6.91. The van der Waals surface area contributed by atoms with E-state index in [0.717, 1.165) is 37.0 Å². The number of carboxylic acids is 1. The molecule has 1 saturated carbocycles. The molecular formula is C13H19NO4S2. The maximum atomic E-state index is 12.3. The number of carbonyl (C=O) groups is 1. The van der Waals surface area contributed by atoms with Gasteiger partial charge in [-0.3, -0.25) is 0 Å². The zero-order valence-corrected chi connectivity index (χ0v) is 13.2. The summed E-state index contributed by atoms with van der Waals surface area (Å²) in [6.07, 6.45) is 3.74. The van der Waals surface area contributed by atoms with Crippen molar-refractivity contribution in [2.45, 2.75) is 49.8 Å². The monoisotopic (exact) mass is 317 g/mol. The molecule has 1 aliphatic rings. The van der Waals surface area contributed by atoms with E-state index in [0.29, 0.717) is 11.5 Å². The normalized spacial score (nSPS) is 23.7. The summed E-state index contributed by atoms with van der Waals surface area (Å²) in [6, 6.07) is 1.40. The second-order valence-electron chi connectivity index (χ2n) is 5.46. The Hall–Kier alpha value is -0.920. The molecule has 0 spiro atoms. The first-order chi connectivity index (χ1) is 9.29. The van der Waals surface area contributed by atoms with Crippen LogP contribution in [0.3, 0.4) is 0 Å². The predicted octanol–water partition coefficient (Wildman–Crippen LogP) is 2.61. The van der Waals surface area contributed by atoms with Crippen molar-refractivity contribution in [1.29, 1.82) is 0 Å². The highest BCUT2D eigenvalue weighted by Crippen LogP contribution is 2.28. The molecule has 1 aliphatic carbocycles. The lowest BCUT2D eigenvalue weighted by Crippen LogP contribution is -2.36. The predicted molar refractivity (Wildman–Crippen MR) is 77.8 cm³/mol. The lowest BCUT2D eigenvalue weighted by molar-refractivity contribution is 0.0701. The summed E-state index contributed by atoms with van der Waals surface area (Å²) in [7, 11) is -3.61. The second-order valence-corrected chi connectivity index (χ2v) is 8.45. The van der Waals surface area contributed by atoms with Crippen molar-refractivity contribution in [2.24, 2.45) is 5.92 Å². The zero-order valence-electron chi connectivity index (χ0n) is 11.5. The lowest BCUT2D eigenvalue weighted by Gasteiger charge is -2.26. The average Bonchev–Trinajstić information content (AvgIpc) is 2.75. The van der Waals surface area contributed by atoms with Crippen molar-refractivity contribution in [2.75, 3.05) is 0 Å². The molecule has 0 bridgehead atoms. The highest BCUT2D eigenvalue weighted by Gasteiger charge is 2.26. The van der Waals surface area contributed by atoms with E-state index in [1.165, 1.54) is 6.07 Å². The molecule has 0 amide bonds. The van der Waals surface area contributed by atoms with Crippen LogP contribution in [0.25, 0.3) is 0 Å². The number of aromatic carboxylic acids is 1. The van der Waals surface area contributed by atoms with Crippen LogP contribution in [-0.2, 0) is 10.0 Å². The van der Waals surface area contributed by atoms with Gasteiger partial charge in [0.05, 0.1) is 0 Å². The Labute approximate surface area is 123 Å². The van der Waals surface area contributed by atoms with Crippen LogP contribution in [0, 0.1) is 12.8 Å². The molecule has 20 heavy (non-hydrogen) atoms. The fourth-order valence-corrected chi connectivity index (χ4v) is 5.15. The number of rotatable bonds is 4. The Kier molecular flexibility index (Phi) is 4.51. The third-order valence-electron chi connectivity index (χ3n) is 3.69. The van der Waals surface area contributed by atoms with Gasteiger partial charge in [0.15, 0.2) is 0 Å². The van der Waals surface area contributed by atoms with Crippen LogP contribution < -0.4 is 4.72 Å². The summed E-state index contributed by atoms with van der Waals surface area (Å²) in [5, 5.41) is 8.99. The van der Waals surface area contributed by atoms with Crippen molar-refractivity contribution in [3.8, 4) is 0 Å². The van der Waals surface area contributed by atoms with Gasteiger partial charge in [-0.2, -0.15) is 0 Å². The maximum Gasteiger partial charge on any atom is 0.346 e. The fourth-order valence-electron chi connectivity index (χ4n) is 2.45. The number of thiophene rings is 1. The maximum absolute atomic E-state index is 12.3. The molecular weight excluding hydrogens is 298 g/mol. The van der Waals surface area contributed by atoms with E-state index in [9.17, 15) is 13.2 Å². The van der Waals surface area contributed by atoms with Crippen molar-refractivity contribution in [1.82, 2.24) is 4.72 Å². The van der Waals surface area contributed by atoms with Gasteiger partial charge >= 0.3 is 5.97 Å². The van der Waals surface area contributed by atoms with Gasteiger partial charge in [0, 0.05) is 6.04 Å². The molecule has 5 nitrogen and oxygen atoms in total. The number of nitrogens with one attached hydrogen (secondary N) is 1. The number of sulfonamides is 1. The number of carboxylic acid groups (broad SMARTS) is 1. The molecule has 1 aromatic heterocycles. The smallest absolute Gasteiger partial charge is 0.346 e. The lowest BCUT2D eigenvalue weighted by atomic mass is 9.88. The first kappa shape index (κ1) is 15.5. The largest absolute Gasteiger partial charge is 0.477 e. The first-order valence-electron chi connectivity index (χ1n) is 6.65. The molecule has 0 radical (unpaired) electrons. The van der Waals surface area contributed by atoms with E-state index in [1.54, 1.807) is 6.92 Å².